The second-order valence-corrected chi connectivity index (χ2v) is 16.7. The summed E-state index contributed by atoms with van der Waals surface area (Å²) in [6, 6.07) is 73.1. The first-order valence-corrected chi connectivity index (χ1v) is 21.8. The number of furan rings is 1. The second kappa shape index (κ2) is 14.7. The molecule has 3 heteroatoms. The molecule has 0 aliphatic heterocycles. The van der Waals surface area contributed by atoms with Crippen molar-refractivity contribution in [3.8, 4) is 27.9 Å². The third-order valence-electron chi connectivity index (χ3n) is 13.2. The molecule has 292 valence electrons. The number of nitrogens with zero attached hydrogens (tertiary/aromatic N) is 2. The van der Waals surface area contributed by atoms with Crippen molar-refractivity contribution in [3.05, 3.63) is 206 Å². The van der Waals surface area contributed by atoms with Crippen LogP contribution in [0.15, 0.2) is 205 Å². The topological polar surface area (TPSA) is 21.3 Å². The highest BCUT2D eigenvalue weighted by Gasteiger charge is 2.25. The van der Waals surface area contributed by atoms with Gasteiger partial charge in [-0.15, -0.1) is 0 Å². The van der Waals surface area contributed by atoms with E-state index in [1.807, 2.05) is 0 Å². The summed E-state index contributed by atoms with van der Waals surface area (Å²) >= 11 is 0. The van der Waals surface area contributed by atoms with E-state index >= 15 is 0 Å². The van der Waals surface area contributed by atoms with Crippen molar-refractivity contribution in [1.82, 2.24) is 4.57 Å². The van der Waals surface area contributed by atoms with Crippen molar-refractivity contribution in [3.63, 3.8) is 0 Å². The number of benzene rings is 9. The molecule has 1 aliphatic rings. The smallest absolute Gasteiger partial charge is 0.159 e. The fraction of sp³-hybridized carbons (Fsp3) is 0.103. The van der Waals surface area contributed by atoms with Gasteiger partial charge in [0.15, 0.2) is 5.58 Å². The van der Waals surface area contributed by atoms with Crippen molar-refractivity contribution >= 4 is 71.6 Å². The van der Waals surface area contributed by atoms with E-state index in [4.69, 9.17) is 4.42 Å². The van der Waals surface area contributed by atoms with E-state index in [-0.39, 0.29) is 0 Å². The van der Waals surface area contributed by atoms with Crippen molar-refractivity contribution in [2.75, 3.05) is 4.90 Å². The monoisotopic (exact) mass is 784 g/mol. The summed E-state index contributed by atoms with van der Waals surface area (Å²) < 4.78 is 9.16. The minimum absolute atomic E-state index is 0.577. The van der Waals surface area contributed by atoms with Gasteiger partial charge in [0.1, 0.15) is 5.58 Å². The number of fused-ring (bicyclic) bond motifs is 7. The van der Waals surface area contributed by atoms with Crippen LogP contribution in [0.1, 0.15) is 43.6 Å². The molecule has 2 aromatic heterocycles. The number of hydrogen-bond donors (Lipinski definition) is 0. The number of hydrogen-bond acceptors (Lipinski definition) is 2. The molecule has 0 amide bonds. The van der Waals surface area contributed by atoms with Crippen LogP contribution in [0.25, 0.3) is 82.5 Å². The fourth-order valence-electron chi connectivity index (χ4n) is 10.4. The molecule has 1 aliphatic carbocycles. The summed E-state index contributed by atoms with van der Waals surface area (Å²) in [5, 5.41) is 7.41. The summed E-state index contributed by atoms with van der Waals surface area (Å²) in [6.45, 7) is 0. The molecule has 0 atom stereocenters. The third kappa shape index (κ3) is 5.95. The Morgan fingerprint density at radius 1 is 0.459 bits per heavy atom. The lowest BCUT2D eigenvalue weighted by atomic mass is 9.80. The molecule has 0 bridgehead atoms. The molecule has 0 unspecified atom stereocenters. The molecule has 0 radical (unpaired) electrons. The standard InChI is InChI=1S/C58H44N2O/c1-3-16-40(17-4-1)45-25-13-18-41-19-14-26-49(57(41)45)46-22-7-10-28-52(46)60(55-30-15-27-50-48-24-9-12-31-56(48)61-58(50)55)44-35-32-39(33-36-44)42-34-37-54-51(38-42)47-23-8-11-29-53(47)59(54)43-20-5-2-6-21-43/h2,5-15,18-38,40H,1,3-4,16-17H2. The molecule has 0 spiro atoms. The average Bonchev–Trinajstić information content (AvgIpc) is 3.88. The van der Waals surface area contributed by atoms with Gasteiger partial charge in [-0.2, -0.15) is 0 Å². The zero-order valence-electron chi connectivity index (χ0n) is 34.0. The van der Waals surface area contributed by atoms with Crippen LogP contribution in [0.2, 0.25) is 0 Å². The lowest BCUT2D eigenvalue weighted by molar-refractivity contribution is 0.445. The SMILES string of the molecule is c1ccc(-n2c3ccccc3c3cc(-c4ccc(N(c5ccccc5-c5cccc6cccc(C7CCCCC7)c56)c5cccc6c5oc5ccccc56)cc4)ccc32)cc1. The maximum Gasteiger partial charge on any atom is 0.159 e. The highest BCUT2D eigenvalue weighted by atomic mass is 16.3. The van der Waals surface area contributed by atoms with Gasteiger partial charge in [-0.1, -0.05) is 159 Å². The van der Waals surface area contributed by atoms with Crippen LogP contribution in [0.4, 0.5) is 17.1 Å². The van der Waals surface area contributed by atoms with Crippen molar-refractivity contribution in [2.24, 2.45) is 0 Å². The highest BCUT2D eigenvalue weighted by Crippen LogP contribution is 2.48. The number of para-hydroxylation sites is 5. The van der Waals surface area contributed by atoms with Gasteiger partial charge in [-0.3, -0.25) is 0 Å². The Balaban J connectivity index is 1.04. The van der Waals surface area contributed by atoms with E-state index < -0.39 is 0 Å². The van der Waals surface area contributed by atoms with Crippen LogP contribution in [0, 0.1) is 0 Å². The van der Waals surface area contributed by atoms with Gasteiger partial charge in [0, 0.05) is 38.5 Å². The lowest BCUT2D eigenvalue weighted by Gasteiger charge is -2.29. The van der Waals surface area contributed by atoms with E-state index in [0.717, 1.165) is 39.0 Å². The van der Waals surface area contributed by atoms with Crippen molar-refractivity contribution < 1.29 is 4.42 Å². The molecule has 0 N–H and O–H groups in total. The Bertz CT molecular complexity index is 3400. The average molecular weight is 785 g/mol. The van der Waals surface area contributed by atoms with Crippen LogP contribution in [0.5, 0.6) is 0 Å². The lowest BCUT2D eigenvalue weighted by Crippen LogP contribution is -2.12. The van der Waals surface area contributed by atoms with Crippen LogP contribution in [-0.4, -0.2) is 4.57 Å². The third-order valence-corrected chi connectivity index (χ3v) is 13.2. The predicted octanol–water partition coefficient (Wildman–Crippen LogP) is 16.7. The molecule has 11 aromatic rings. The minimum atomic E-state index is 0.577. The summed E-state index contributed by atoms with van der Waals surface area (Å²) in [4.78, 5) is 2.42. The molecule has 2 heterocycles. The maximum atomic E-state index is 6.78. The Morgan fingerprint density at radius 3 is 1.98 bits per heavy atom. The zero-order chi connectivity index (χ0) is 40.3. The quantitative estimate of drug-likeness (QED) is 0.161. The van der Waals surface area contributed by atoms with E-state index in [0.29, 0.717) is 5.92 Å². The zero-order valence-corrected chi connectivity index (χ0v) is 34.0. The first-order valence-electron chi connectivity index (χ1n) is 21.8. The number of aromatic nitrogens is 1. The molecule has 61 heavy (non-hydrogen) atoms. The van der Waals surface area contributed by atoms with Crippen LogP contribution >= 0.6 is 0 Å². The Labute approximate surface area is 355 Å². The van der Waals surface area contributed by atoms with Crippen LogP contribution in [0.3, 0.4) is 0 Å². The maximum absolute atomic E-state index is 6.78. The molecule has 9 aromatic carbocycles. The minimum Gasteiger partial charge on any atom is -0.454 e. The largest absolute Gasteiger partial charge is 0.454 e. The first kappa shape index (κ1) is 35.6. The van der Waals surface area contributed by atoms with Crippen molar-refractivity contribution in [1.29, 1.82) is 0 Å². The van der Waals surface area contributed by atoms with E-state index in [2.05, 4.69) is 210 Å². The Morgan fingerprint density at radius 2 is 1.11 bits per heavy atom. The molecule has 1 fully saturated rings. The summed E-state index contributed by atoms with van der Waals surface area (Å²) in [7, 11) is 0. The van der Waals surface area contributed by atoms with Gasteiger partial charge < -0.3 is 13.9 Å². The van der Waals surface area contributed by atoms with Crippen LogP contribution in [-0.2, 0) is 0 Å². The van der Waals surface area contributed by atoms with E-state index in [1.54, 1.807) is 0 Å². The summed E-state index contributed by atoms with van der Waals surface area (Å²) in [5.41, 5.74) is 14.9. The molecule has 1 saturated carbocycles. The molecular weight excluding hydrogens is 741 g/mol. The summed E-state index contributed by atoms with van der Waals surface area (Å²) in [6.07, 6.45) is 6.45. The van der Waals surface area contributed by atoms with Gasteiger partial charge in [-0.25, -0.2) is 0 Å². The number of rotatable bonds is 7. The Kier molecular flexibility index (Phi) is 8.59. The predicted molar refractivity (Wildman–Crippen MR) is 257 cm³/mol. The van der Waals surface area contributed by atoms with Gasteiger partial charge in [-0.05, 0) is 112 Å². The van der Waals surface area contributed by atoms with Gasteiger partial charge in [0.25, 0.3) is 0 Å². The molecule has 3 nitrogen and oxygen atoms in total. The van der Waals surface area contributed by atoms with E-state index in [9.17, 15) is 0 Å². The normalized spacial score (nSPS) is 13.5. The Hall–Kier alpha value is -7.36. The molecule has 12 rings (SSSR count). The first-order chi connectivity index (χ1) is 30.3. The molecular formula is C58H44N2O. The highest BCUT2D eigenvalue weighted by molar-refractivity contribution is 6.12. The van der Waals surface area contributed by atoms with Crippen molar-refractivity contribution in [2.45, 2.75) is 38.0 Å². The second-order valence-electron chi connectivity index (χ2n) is 16.7. The van der Waals surface area contributed by atoms with Gasteiger partial charge in [0.05, 0.1) is 22.4 Å². The number of anilines is 3. The fourth-order valence-corrected chi connectivity index (χ4v) is 10.4. The van der Waals surface area contributed by atoms with Gasteiger partial charge in [0.2, 0.25) is 0 Å². The summed E-state index contributed by atoms with van der Waals surface area (Å²) in [5.74, 6) is 0.577. The van der Waals surface area contributed by atoms with Gasteiger partial charge >= 0.3 is 0 Å². The van der Waals surface area contributed by atoms with Crippen LogP contribution < -0.4 is 4.90 Å². The molecule has 0 saturated heterocycles. The van der Waals surface area contributed by atoms with E-state index in [1.165, 1.54) is 98.2 Å².